The van der Waals surface area contributed by atoms with Crippen molar-refractivity contribution >= 4 is 11.9 Å². The molecule has 28 heavy (non-hydrogen) atoms. The molecule has 0 aromatic carbocycles. The number of carboxylic acid groups (broad SMARTS) is 2. The molecule has 8 aliphatic carbocycles. The molecule has 4 heteroatoms. The van der Waals surface area contributed by atoms with Crippen molar-refractivity contribution in [3.63, 3.8) is 0 Å². The van der Waals surface area contributed by atoms with Gasteiger partial charge in [-0.3, -0.25) is 9.59 Å². The molecule has 0 amide bonds. The average molecular weight is 387 g/mol. The molecule has 8 atom stereocenters. The average Bonchev–Trinajstić information content (AvgIpc) is 2.49. The molecule has 8 fully saturated rings. The monoisotopic (exact) mass is 386 g/mol. The van der Waals surface area contributed by atoms with Crippen LogP contribution < -0.4 is 0 Å². The number of aliphatic carboxylic acids is 2. The van der Waals surface area contributed by atoms with Crippen LogP contribution in [0.5, 0.6) is 0 Å². The van der Waals surface area contributed by atoms with Crippen molar-refractivity contribution in [1.29, 1.82) is 0 Å². The van der Waals surface area contributed by atoms with Crippen LogP contribution in [0.4, 0.5) is 0 Å². The molecule has 0 aromatic rings. The molecule has 0 saturated heterocycles. The highest BCUT2D eigenvalue weighted by Gasteiger charge is 2.75. The first kappa shape index (κ1) is 17.8. The van der Waals surface area contributed by atoms with Gasteiger partial charge in [0.25, 0.3) is 0 Å². The summed E-state index contributed by atoms with van der Waals surface area (Å²) in [5, 5.41) is 20.6. The van der Waals surface area contributed by atoms with Crippen LogP contribution in [-0.2, 0) is 9.59 Å². The van der Waals surface area contributed by atoms with Crippen LogP contribution in [0.1, 0.15) is 90.9 Å². The standard InChI is InChI=1S/C24H34O4/c1-19-3-15-5-21(9-19,17(25)26)13-23(7-15,11-19)24-8-16-4-20(2,12-24)10-22(6-16,14-24)18(27)28/h15-16H,3-14H2,1-2H3,(H,25,26)(H,27,28). The third kappa shape index (κ3) is 1.94. The number of hydrogen-bond acceptors (Lipinski definition) is 2. The first-order chi connectivity index (χ1) is 13.0. The van der Waals surface area contributed by atoms with Gasteiger partial charge in [-0.1, -0.05) is 13.8 Å². The highest BCUT2D eigenvalue weighted by atomic mass is 16.4. The zero-order valence-electron chi connectivity index (χ0n) is 17.4. The number of carboxylic acids is 2. The fourth-order valence-electron chi connectivity index (χ4n) is 11.5. The smallest absolute Gasteiger partial charge is 0.309 e. The maximum atomic E-state index is 12.5. The van der Waals surface area contributed by atoms with E-state index >= 15 is 0 Å². The molecule has 4 nitrogen and oxygen atoms in total. The van der Waals surface area contributed by atoms with Crippen molar-refractivity contribution in [3.05, 3.63) is 0 Å². The van der Waals surface area contributed by atoms with Gasteiger partial charge in [0.2, 0.25) is 0 Å². The Labute approximate surface area is 167 Å². The minimum absolute atomic E-state index is 0.0566. The predicted molar refractivity (Wildman–Crippen MR) is 104 cm³/mol. The SMILES string of the molecule is CC12CC3CC(C(=O)O)(C1)CC(C14CC5CC(C)(CC(C(=O)O)(C5)C1)C4)(C3)C2. The maximum absolute atomic E-state index is 12.5. The number of hydrogen-bond donors (Lipinski definition) is 2. The Hall–Kier alpha value is -1.06. The molecular formula is C24H34O4. The van der Waals surface area contributed by atoms with Crippen molar-refractivity contribution < 1.29 is 19.8 Å². The van der Waals surface area contributed by atoms with Crippen molar-refractivity contribution in [2.24, 2.45) is 44.3 Å². The van der Waals surface area contributed by atoms with E-state index in [1.165, 1.54) is 12.8 Å². The molecule has 0 spiro atoms. The van der Waals surface area contributed by atoms with E-state index in [0.29, 0.717) is 11.8 Å². The topological polar surface area (TPSA) is 74.6 Å². The lowest BCUT2D eigenvalue weighted by atomic mass is 9.28. The van der Waals surface area contributed by atoms with Gasteiger partial charge in [-0.25, -0.2) is 0 Å². The highest BCUT2D eigenvalue weighted by molar-refractivity contribution is 5.77. The quantitative estimate of drug-likeness (QED) is 0.707. The predicted octanol–water partition coefficient (Wildman–Crippen LogP) is 5.11. The minimum atomic E-state index is -0.573. The molecule has 0 radical (unpaired) electrons. The van der Waals surface area contributed by atoms with Gasteiger partial charge in [0.1, 0.15) is 0 Å². The molecule has 154 valence electrons. The molecule has 8 aliphatic rings. The molecule has 0 heterocycles. The van der Waals surface area contributed by atoms with Crippen LogP contribution in [0.3, 0.4) is 0 Å². The largest absolute Gasteiger partial charge is 0.481 e. The second-order valence-electron chi connectivity index (χ2n) is 13.4. The van der Waals surface area contributed by atoms with Crippen molar-refractivity contribution in [2.45, 2.75) is 90.9 Å². The molecule has 8 unspecified atom stereocenters. The van der Waals surface area contributed by atoms with Crippen LogP contribution >= 0.6 is 0 Å². The molecule has 0 aromatic heterocycles. The molecule has 8 bridgehead atoms. The first-order valence-corrected chi connectivity index (χ1v) is 11.4. The van der Waals surface area contributed by atoms with Gasteiger partial charge >= 0.3 is 11.9 Å². The summed E-state index contributed by atoms with van der Waals surface area (Å²) in [6, 6.07) is 0. The van der Waals surface area contributed by atoms with E-state index in [1.807, 2.05) is 0 Å². The molecule has 8 rings (SSSR count). The second-order valence-corrected chi connectivity index (χ2v) is 13.4. The second kappa shape index (κ2) is 4.64. The molecule has 2 N–H and O–H groups in total. The normalized spacial score (nSPS) is 60.9. The third-order valence-electron chi connectivity index (χ3n) is 10.7. The summed E-state index contributed by atoms with van der Waals surface area (Å²) in [7, 11) is 0. The van der Waals surface area contributed by atoms with Gasteiger partial charge < -0.3 is 10.2 Å². The van der Waals surface area contributed by atoms with E-state index in [9.17, 15) is 19.8 Å². The van der Waals surface area contributed by atoms with Gasteiger partial charge in [-0.15, -0.1) is 0 Å². The Kier molecular flexibility index (Phi) is 2.95. The Morgan fingerprint density at radius 1 is 0.607 bits per heavy atom. The Bertz CT molecular complexity index is 740. The number of carbonyl (C=O) groups is 2. The van der Waals surface area contributed by atoms with Crippen LogP contribution in [-0.4, -0.2) is 22.2 Å². The lowest BCUT2D eigenvalue weighted by Crippen LogP contribution is -2.69. The van der Waals surface area contributed by atoms with Gasteiger partial charge in [-0.2, -0.15) is 0 Å². The van der Waals surface area contributed by atoms with E-state index in [0.717, 1.165) is 64.2 Å². The molecule has 8 saturated carbocycles. The summed E-state index contributed by atoms with van der Waals surface area (Å²) in [6.07, 6.45) is 12.0. The van der Waals surface area contributed by atoms with Crippen molar-refractivity contribution in [1.82, 2.24) is 0 Å². The van der Waals surface area contributed by atoms with Crippen LogP contribution in [0, 0.1) is 44.3 Å². The van der Waals surface area contributed by atoms with Gasteiger partial charge in [-0.05, 0) is 111 Å². The summed E-state index contributed by atoms with van der Waals surface area (Å²) in [5.74, 6) is -0.0925. The highest BCUT2D eigenvalue weighted by Crippen LogP contribution is 2.82. The lowest BCUT2D eigenvalue weighted by molar-refractivity contribution is -0.268. The van der Waals surface area contributed by atoms with E-state index in [1.54, 1.807) is 0 Å². The van der Waals surface area contributed by atoms with Gasteiger partial charge in [0.15, 0.2) is 0 Å². The Morgan fingerprint density at radius 2 is 1.00 bits per heavy atom. The first-order valence-electron chi connectivity index (χ1n) is 11.4. The maximum Gasteiger partial charge on any atom is 0.309 e. The Balaban J connectivity index is 1.51. The summed E-state index contributed by atoms with van der Waals surface area (Å²) in [4.78, 5) is 25.0. The summed E-state index contributed by atoms with van der Waals surface area (Å²) in [6.45, 7) is 4.69. The van der Waals surface area contributed by atoms with E-state index < -0.39 is 22.8 Å². The van der Waals surface area contributed by atoms with E-state index in [4.69, 9.17) is 0 Å². The summed E-state index contributed by atoms with van der Waals surface area (Å²) >= 11 is 0. The van der Waals surface area contributed by atoms with Crippen LogP contribution in [0.2, 0.25) is 0 Å². The molecule has 0 aliphatic heterocycles. The fourth-order valence-corrected chi connectivity index (χ4v) is 11.5. The zero-order chi connectivity index (χ0) is 19.8. The Morgan fingerprint density at radius 3 is 1.32 bits per heavy atom. The van der Waals surface area contributed by atoms with E-state index in [2.05, 4.69) is 13.8 Å². The fraction of sp³-hybridized carbons (Fsp3) is 0.917. The minimum Gasteiger partial charge on any atom is -0.481 e. The summed E-state index contributed by atoms with van der Waals surface area (Å²) < 4.78 is 0. The number of rotatable bonds is 3. The van der Waals surface area contributed by atoms with Gasteiger partial charge in [0.05, 0.1) is 10.8 Å². The molecular weight excluding hydrogens is 352 g/mol. The van der Waals surface area contributed by atoms with Crippen molar-refractivity contribution in [3.8, 4) is 0 Å². The van der Waals surface area contributed by atoms with Gasteiger partial charge in [0, 0.05) is 0 Å². The van der Waals surface area contributed by atoms with Crippen molar-refractivity contribution in [2.75, 3.05) is 0 Å². The zero-order valence-corrected chi connectivity index (χ0v) is 17.4. The lowest BCUT2D eigenvalue weighted by Gasteiger charge is -2.76. The summed E-state index contributed by atoms with van der Waals surface area (Å²) in [5.41, 5.74) is -0.706. The van der Waals surface area contributed by atoms with E-state index in [-0.39, 0.29) is 21.7 Å². The van der Waals surface area contributed by atoms with Crippen LogP contribution in [0.25, 0.3) is 0 Å². The third-order valence-corrected chi connectivity index (χ3v) is 10.7. The van der Waals surface area contributed by atoms with Crippen LogP contribution in [0.15, 0.2) is 0 Å².